The molecule has 46 heavy (non-hydrogen) atoms. The summed E-state index contributed by atoms with van der Waals surface area (Å²) < 4.78 is 71.5. The van der Waals surface area contributed by atoms with E-state index in [9.17, 15) is 22.8 Å². The second kappa shape index (κ2) is 14.2. The molecule has 0 spiro atoms. The number of aromatic nitrogens is 1. The molecule has 2 amide bonds. The van der Waals surface area contributed by atoms with Crippen LogP contribution in [0.5, 0.6) is 23.0 Å². The van der Waals surface area contributed by atoms with Crippen molar-refractivity contribution in [2.24, 2.45) is 5.92 Å². The summed E-state index contributed by atoms with van der Waals surface area (Å²) in [5.74, 6) is -1.62. The Labute approximate surface area is 266 Å². The summed E-state index contributed by atoms with van der Waals surface area (Å²) in [6.45, 7) is 2.01. The predicted octanol–water partition coefficient (Wildman–Crippen LogP) is 6.48. The van der Waals surface area contributed by atoms with Crippen molar-refractivity contribution >= 4 is 40.0 Å². The summed E-state index contributed by atoms with van der Waals surface area (Å²) >= 11 is 5.93. The monoisotopic (exact) mass is 660 g/mol. The first-order chi connectivity index (χ1) is 22.0. The molecule has 1 aliphatic heterocycles. The minimum absolute atomic E-state index is 0.0202. The number of nitrogens with zero attached hydrogens (tertiary/aromatic N) is 1. The van der Waals surface area contributed by atoms with Crippen LogP contribution in [-0.4, -0.2) is 43.6 Å². The lowest BCUT2D eigenvalue weighted by Gasteiger charge is -2.23. The van der Waals surface area contributed by atoms with Crippen LogP contribution < -0.4 is 30.2 Å². The van der Waals surface area contributed by atoms with Crippen LogP contribution in [0.1, 0.15) is 24.0 Å². The van der Waals surface area contributed by atoms with E-state index in [4.69, 9.17) is 25.8 Å². The van der Waals surface area contributed by atoms with Crippen LogP contribution in [0.15, 0.2) is 60.8 Å². The third kappa shape index (κ3) is 7.96. The lowest BCUT2D eigenvalue weighted by molar-refractivity contribution is -0.137. The van der Waals surface area contributed by atoms with Crippen molar-refractivity contribution in [3.8, 4) is 23.0 Å². The van der Waals surface area contributed by atoms with Gasteiger partial charge < -0.3 is 30.2 Å². The Bertz CT molecular complexity index is 1750. The standard InChI is InChI=1S/C32H29ClF4N4O5/c1-44-28-14-22-25(15-29(28)45-17-18-6-9-38-10-7-18)39-11-8-26(22)46-27-5-3-21(13-24(27)34)41-31(43)30(42)40-16-19-12-20(32(35,36)37)2-4-23(19)33/h2-5,8,11-15,18,38H,6-7,9-10,16-17H2,1H3,(H,40,42)(H,41,43). The van der Waals surface area contributed by atoms with Crippen LogP contribution in [0, 0.1) is 11.7 Å². The number of piperidine rings is 1. The number of anilines is 1. The quantitative estimate of drug-likeness (QED) is 0.139. The van der Waals surface area contributed by atoms with Gasteiger partial charge in [-0.1, -0.05) is 11.6 Å². The minimum atomic E-state index is -4.61. The average molecular weight is 661 g/mol. The maximum atomic E-state index is 15.1. The van der Waals surface area contributed by atoms with Gasteiger partial charge in [-0.15, -0.1) is 0 Å². The van der Waals surface area contributed by atoms with Crippen LogP contribution in [0.2, 0.25) is 5.02 Å². The molecular weight excluding hydrogens is 632 g/mol. The largest absolute Gasteiger partial charge is 0.493 e. The second-order valence-corrected chi connectivity index (χ2v) is 10.9. The van der Waals surface area contributed by atoms with E-state index in [1.807, 2.05) is 0 Å². The van der Waals surface area contributed by atoms with Crippen LogP contribution in [-0.2, 0) is 22.3 Å². The second-order valence-electron chi connectivity index (χ2n) is 10.5. The lowest BCUT2D eigenvalue weighted by Crippen LogP contribution is -2.35. The topological polar surface area (TPSA) is 111 Å². The Balaban J connectivity index is 1.23. The molecule has 3 aromatic carbocycles. The highest BCUT2D eigenvalue weighted by atomic mass is 35.5. The number of halogens is 5. The third-order valence-corrected chi connectivity index (χ3v) is 7.72. The highest BCUT2D eigenvalue weighted by molar-refractivity contribution is 6.39. The Morgan fingerprint density at radius 3 is 2.48 bits per heavy atom. The summed E-state index contributed by atoms with van der Waals surface area (Å²) in [4.78, 5) is 29.1. The number of hydrogen-bond acceptors (Lipinski definition) is 7. The van der Waals surface area contributed by atoms with Gasteiger partial charge in [0.05, 0.1) is 24.8 Å². The number of ether oxygens (including phenoxy) is 3. The van der Waals surface area contributed by atoms with Gasteiger partial charge in [-0.2, -0.15) is 13.2 Å². The molecule has 0 radical (unpaired) electrons. The number of methoxy groups -OCH3 is 1. The number of benzene rings is 3. The summed E-state index contributed by atoms with van der Waals surface area (Å²) in [5.41, 5.74) is -0.504. The molecule has 1 fully saturated rings. The number of rotatable bonds is 9. The van der Waals surface area contributed by atoms with Gasteiger partial charge >= 0.3 is 18.0 Å². The zero-order chi connectivity index (χ0) is 32.8. The lowest BCUT2D eigenvalue weighted by atomic mass is 9.99. The molecule has 4 aromatic rings. The molecule has 14 heteroatoms. The molecule has 5 rings (SSSR count). The summed E-state index contributed by atoms with van der Waals surface area (Å²) in [5, 5.41) is 8.30. The number of amides is 2. The highest BCUT2D eigenvalue weighted by Gasteiger charge is 2.31. The molecule has 0 saturated carbocycles. The molecule has 1 aromatic heterocycles. The van der Waals surface area contributed by atoms with Crippen LogP contribution in [0.4, 0.5) is 23.2 Å². The van der Waals surface area contributed by atoms with Gasteiger partial charge in [0.25, 0.3) is 0 Å². The Morgan fingerprint density at radius 2 is 1.76 bits per heavy atom. The SMILES string of the molecule is COc1cc2c(Oc3ccc(NC(=O)C(=O)NCc4cc(C(F)(F)F)ccc4Cl)cc3F)ccnc2cc1OCC1CCNCC1. The van der Waals surface area contributed by atoms with E-state index in [1.165, 1.54) is 25.4 Å². The normalized spacial score (nSPS) is 13.7. The summed E-state index contributed by atoms with van der Waals surface area (Å²) in [7, 11) is 1.52. The molecule has 0 unspecified atom stereocenters. The van der Waals surface area contributed by atoms with Gasteiger partial charge in [0.1, 0.15) is 5.75 Å². The molecule has 0 atom stereocenters. The van der Waals surface area contributed by atoms with E-state index < -0.39 is 35.9 Å². The first-order valence-electron chi connectivity index (χ1n) is 14.2. The fourth-order valence-electron chi connectivity index (χ4n) is 4.86. The van der Waals surface area contributed by atoms with Gasteiger partial charge in [-0.05, 0) is 79.9 Å². The maximum absolute atomic E-state index is 15.1. The zero-order valence-corrected chi connectivity index (χ0v) is 25.2. The third-order valence-electron chi connectivity index (χ3n) is 7.35. The van der Waals surface area contributed by atoms with E-state index in [1.54, 1.807) is 18.2 Å². The Morgan fingerprint density at radius 1 is 0.978 bits per heavy atom. The zero-order valence-electron chi connectivity index (χ0n) is 24.5. The minimum Gasteiger partial charge on any atom is -0.493 e. The van der Waals surface area contributed by atoms with Crippen molar-refractivity contribution in [1.29, 1.82) is 0 Å². The molecule has 1 aliphatic rings. The first kappa shape index (κ1) is 32.8. The molecule has 0 aliphatic carbocycles. The fraction of sp³-hybridized carbons (Fsp3) is 0.281. The molecule has 9 nitrogen and oxygen atoms in total. The number of pyridine rings is 1. The van der Waals surface area contributed by atoms with Crippen molar-refractivity contribution in [2.75, 3.05) is 32.1 Å². The number of hydrogen-bond donors (Lipinski definition) is 3. The molecular formula is C32H29ClF4N4O5. The van der Waals surface area contributed by atoms with E-state index in [0.717, 1.165) is 50.2 Å². The van der Waals surface area contributed by atoms with Crippen LogP contribution in [0.25, 0.3) is 10.9 Å². The molecule has 1 saturated heterocycles. The Hall–Kier alpha value is -4.62. The molecule has 2 heterocycles. The van der Waals surface area contributed by atoms with Gasteiger partial charge in [-0.25, -0.2) is 4.39 Å². The fourth-order valence-corrected chi connectivity index (χ4v) is 5.04. The highest BCUT2D eigenvalue weighted by Crippen LogP contribution is 2.38. The van der Waals surface area contributed by atoms with Crippen molar-refractivity contribution < 1.29 is 41.4 Å². The van der Waals surface area contributed by atoms with Gasteiger partial charge in [0, 0.05) is 41.0 Å². The average Bonchev–Trinajstić information content (AvgIpc) is 3.04. The molecule has 242 valence electrons. The van der Waals surface area contributed by atoms with Gasteiger partial charge in [-0.3, -0.25) is 14.6 Å². The number of carbonyl (C=O) groups excluding carboxylic acids is 2. The van der Waals surface area contributed by atoms with E-state index in [0.29, 0.717) is 34.9 Å². The van der Waals surface area contributed by atoms with E-state index in [2.05, 4.69) is 20.9 Å². The van der Waals surface area contributed by atoms with Crippen molar-refractivity contribution in [2.45, 2.75) is 25.6 Å². The van der Waals surface area contributed by atoms with Crippen LogP contribution >= 0.6 is 11.6 Å². The molecule has 3 N–H and O–H groups in total. The summed E-state index contributed by atoms with van der Waals surface area (Å²) in [6, 6.07) is 11.2. The first-order valence-corrected chi connectivity index (χ1v) is 14.6. The van der Waals surface area contributed by atoms with Crippen molar-refractivity contribution in [3.05, 3.63) is 82.8 Å². The summed E-state index contributed by atoms with van der Waals surface area (Å²) in [6.07, 6.45) is -1.06. The number of fused-ring (bicyclic) bond motifs is 1. The van der Waals surface area contributed by atoms with E-state index >= 15 is 4.39 Å². The molecule has 0 bridgehead atoms. The maximum Gasteiger partial charge on any atom is 0.416 e. The number of nitrogens with one attached hydrogen (secondary N) is 3. The smallest absolute Gasteiger partial charge is 0.416 e. The van der Waals surface area contributed by atoms with E-state index in [-0.39, 0.29) is 27.8 Å². The van der Waals surface area contributed by atoms with Crippen molar-refractivity contribution in [1.82, 2.24) is 15.6 Å². The van der Waals surface area contributed by atoms with Gasteiger partial charge in [0.15, 0.2) is 23.1 Å². The number of carbonyl (C=O) groups is 2. The van der Waals surface area contributed by atoms with Crippen molar-refractivity contribution in [3.63, 3.8) is 0 Å². The van der Waals surface area contributed by atoms with Gasteiger partial charge in [0.2, 0.25) is 0 Å². The Kier molecular flexibility index (Phi) is 10.1. The number of alkyl halides is 3. The predicted molar refractivity (Wildman–Crippen MR) is 163 cm³/mol. The van der Waals surface area contributed by atoms with Crippen LogP contribution in [0.3, 0.4) is 0 Å².